The molecule has 0 spiro atoms. The molecule has 0 unspecified atom stereocenters. The maximum atomic E-state index is 12.1. The summed E-state index contributed by atoms with van der Waals surface area (Å²) in [5, 5.41) is 0. The van der Waals surface area contributed by atoms with Crippen LogP contribution in [0.15, 0.2) is 22.7 Å². The van der Waals surface area contributed by atoms with Gasteiger partial charge in [0, 0.05) is 11.5 Å². The number of nitrogens with zero attached hydrogens (tertiary/aromatic N) is 1. The zero-order valence-corrected chi connectivity index (χ0v) is 12.0. The van der Waals surface area contributed by atoms with Gasteiger partial charge in [-0.25, -0.2) is 8.42 Å². The van der Waals surface area contributed by atoms with Gasteiger partial charge in [-0.1, -0.05) is 15.9 Å². The molecule has 0 atom stereocenters. The Morgan fingerprint density at radius 1 is 1.47 bits per heavy atom. The lowest BCUT2D eigenvalue weighted by Gasteiger charge is -2.21. The van der Waals surface area contributed by atoms with E-state index in [0.717, 1.165) is 17.3 Å². The molecule has 2 rings (SSSR count). The van der Waals surface area contributed by atoms with E-state index in [1.54, 1.807) is 25.2 Å². The third kappa shape index (κ3) is 2.93. The van der Waals surface area contributed by atoms with Crippen LogP contribution in [-0.2, 0) is 10.0 Å². The van der Waals surface area contributed by atoms with Gasteiger partial charge in [-0.2, -0.15) is 0 Å². The molecule has 6 heteroatoms. The van der Waals surface area contributed by atoms with Crippen LogP contribution in [0.4, 0.5) is 11.4 Å². The van der Waals surface area contributed by atoms with E-state index in [-0.39, 0.29) is 5.75 Å². The lowest BCUT2D eigenvalue weighted by atomic mass is 10.3. The molecule has 0 aliphatic heterocycles. The van der Waals surface area contributed by atoms with Gasteiger partial charge in [0.05, 0.1) is 17.1 Å². The molecule has 17 heavy (non-hydrogen) atoms. The second-order valence-corrected chi connectivity index (χ2v) is 7.35. The van der Waals surface area contributed by atoms with Crippen molar-refractivity contribution in [1.29, 1.82) is 0 Å². The van der Waals surface area contributed by atoms with E-state index >= 15 is 0 Å². The first kappa shape index (κ1) is 12.7. The van der Waals surface area contributed by atoms with E-state index in [1.807, 2.05) is 0 Å². The molecule has 2 N–H and O–H groups in total. The number of rotatable bonds is 4. The number of hydrogen-bond acceptors (Lipinski definition) is 3. The smallest absolute Gasteiger partial charge is 0.235 e. The van der Waals surface area contributed by atoms with Crippen LogP contribution in [-0.4, -0.2) is 21.2 Å². The summed E-state index contributed by atoms with van der Waals surface area (Å²) >= 11 is 3.30. The number of sulfonamides is 1. The molecular weight excluding hydrogens is 304 g/mol. The Morgan fingerprint density at radius 3 is 2.65 bits per heavy atom. The second kappa shape index (κ2) is 4.49. The van der Waals surface area contributed by atoms with Gasteiger partial charge in [-0.3, -0.25) is 4.31 Å². The quantitative estimate of drug-likeness (QED) is 0.866. The first-order valence-corrected chi connectivity index (χ1v) is 7.82. The highest BCUT2D eigenvalue weighted by Gasteiger charge is 2.31. The Kier molecular flexibility index (Phi) is 3.36. The van der Waals surface area contributed by atoms with Crippen molar-refractivity contribution in [3.05, 3.63) is 22.7 Å². The average Bonchev–Trinajstić information content (AvgIpc) is 3.00. The van der Waals surface area contributed by atoms with Gasteiger partial charge in [-0.15, -0.1) is 0 Å². The van der Waals surface area contributed by atoms with E-state index in [4.69, 9.17) is 5.73 Å². The Bertz CT molecular complexity index is 526. The van der Waals surface area contributed by atoms with Gasteiger partial charge >= 0.3 is 0 Å². The van der Waals surface area contributed by atoms with E-state index in [1.165, 1.54) is 4.31 Å². The summed E-state index contributed by atoms with van der Waals surface area (Å²) < 4.78 is 26.3. The third-order valence-corrected chi connectivity index (χ3v) is 5.31. The SMILES string of the molecule is CN(c1ccc(Br)cc1N)S(=O)(=O)CC1CC1. The average molecular weight is 319 g/mol. The minimum absolute atomic E-state index is 0.221. The molecule has 1 fully saturated rings. The van der Waals surface area contributed by atoms with Crippen molar-refractivity contribution >= 4 is 37.3 Å². The number of nitrogen functional groups attached to an aromatic ring is 1. The highest BCUT2D eigenvalue weighted by atomic mass is 79.9. The third-order valence-electron chi connectivity index (χ3n) is 2.89. The molecule has 0 saturated heterocycles. The number of halogens is 1. The largest absolute Gasteiger partial charge is 0.397 e. The monoisotopic (exact) mass is 318 g/mol. The fourth-order valence-corrected chi connectivity index (χ4v) is 3.65. The van der Waals surface area contributed by atoms with Gasteiger partial charge in [0.15, 0.2) is 0 Å². The lowest BCUT2D eigenvalue weighted by Crippen LogP contribution is -2.30. The molecule has 0 aromatic heterocycles. The Labute approximate surface area is 110 Å². The van der Waals surface area contributed by atoms with Crippen LogP contribution < -0.4 is 10.0 Å². The Hall–Kier alpha value is -0.750. The predicted octanol–water partition coefficient (Wildman–Crippen LogP) is 2.21. The Balaban J connectivity index is 2.26. The van der Waals surface area contributed by atoms with Gasteiger partial charge in [-0.05, 0) is 37.0 Å². The van der Waals surface area contributed by atoms with Crippen LogP contribution in [0.25, 0.3) is 0 Å². The standard InChI is InChI=1S/C11H15BrN2O2S/c1-14(17(15,16)7-8-2-3-8)11-5-4-9(12)6-10(11)13/h4-6,8H,2-3,7,13H2,1H3. The summed E-state index contributed by atoms with van der Waals surface area (Å²) in [6, 6.07) is 5.21. The zero-order valence-electron chi connectivity index (χ0n) is 9.56. The molecule has 0 heterocycles. The summed E-state index contributed by atoms with van der Waals surface area (Å²) in [4.78, 5) is 0. The van der Waals surface area contributed by atoms with Crippen molar-refractivity contribution in [1.82, 2.24) is 0 Å². The summed E-state index contributed by atoms with van der Waals surface area (Å²) in [6.07, 6.45) is 2.03. The summed E-state index contributed by atoms with van der Waals surface area (Å²) in [5.74, 6) is 0.554. The fraction of sp³-hybridized carbons (Fsp3) is 0.455. The van der Waals surface area contributed by atoms with Gasteiger partial charge < -0.3 is 5.73 Å². The highest BCUT2D eigenvalue weighted by Crippen LogP contribution is 2.33. The summed E-state index contributed by atoms with van der Waals surface area (Å²) in [5.41, 5.74) is 6.82. The molecule has 1 aliphatic rings. The van der Waals surface area contributed by atoms with Crippen molar-refractivity contribution in [3.8, 4) is 0 Å². The molecular formula is C11H15BrN2O2S. The molecule has 1 aromatic carbocycles. The summed E-state index contributed by atoms with van der Waals surface area (Å²) in [7, 11) is -1.69. The molecule has 0 bridgehead atoms. The van der Waals surface area contributed by atoms with E-state index in [9.17, 15) is 8.42 Å². The van der Waals surface area contributed by atoms with Crippen LogP contribution >= 0.6 is 15.9 Å². The number of hydrogen-bond donors (Lipinski definition) is 1. The maximum absolute atomic E-state index is 12.1. The molecule has 0 radical (unpaired) electrons. The van der Waals surface area contributed by atoms with Crippen molar-refractivity contribution in [2.45, 2.75) is 12.8 Å². The predicted molar refractivity (Wildman–Crippen MR) is 73.5 cm³/mol. The number of nitrogens with two attached hydrogens (primary N) is 1. The van der Waals surface area contributed by atoms with Crippen LogP contribution in [0.5, 0.6) is 0 Å². The van der Waals surface area contributed by atoms with E-state index < -0.39 is 10.0 Å². The topological polar surface area (TPSA) is 63.4 Å². The normalized spacial score (nSPS) is 15.9. The zero-order chi connectivity index (χ0) is 12.6. The van der Waals surface area contributed by atoms with Crippen molar-refractivity contribution < 1.29 is 8.42 Å². The molecule has 1 aliphatic carbocycles. The minimum Gasteiger partial charge on any atom is -0.397 e. The molecule has 94 valence electrons. The molecule has 0 amide bonds. The van der Waals surface area contributed by atoms with Crippen LogP contribution in [0, 0.1) is 5.92 Å². The maximum Gasteiger partial charge on any atom is 0.235 e. The van der Waals surface area contributed by atoms with Gasteiger partial charge in [0.2, 0.25) is 10.0 Å². The van der Waals surface area contributed by atoms with Crippen molar-refractivity contribution in [2.75, 3.05) is 22.8 Å². The molecule has 1 saturated carbocycles. The highest BCUT2D eigenvalue weighted by molar-refractivity contribution is 9.10. The molecule has 1 aromatic rings. The fourth-order valence-electron chi connectivity index (χ4n) is 1.66. The minimum atomic E-state index is -3.25. The first-order chi connectivity index (χ1) is 7.90. The van der Waals surface area contributed by atoms with E-state index in [2.05, 4.69) is 15.9 Å². The van der Waals surface area contributed by atoms with Crippen LogP contribution in [0.2, 0.25) is 0 Å². The molecule has 4 nitrogen and oxygen atoms in total. The van der Waals surface area contributed by atoms with Gasteiger partial charge in [0.25, 0.3) is 0 Å². The number of benzene rings is 1. The van der Waals surface area contributed by atoms with Crippen molar-refractivity contribution in [3.63, 3.8) is 0 Å². The van der Waals surface area contributed by atoms with E-state index in [0.29, 0.717) is 17.3 Å². The van der Waals surface area contributed by atoms with Crippen molar-refractivity contribution in [2.24, 2.45) is 5.92 Å². The second-order valence-electron chi connectivity index (χ2n) is 4.39. The lowest BCUT2D eigenvalue weighted by molar-refractivity contribution is 0.590. The first-order valence-electron chi connectivity index (χ1n) is 5.42. The van der Waals surface area contributed by atoms with Crippen LogP contribution in [0.1, 0.15) is 12.8 Å². The Morgan fingerprint density at radius 2 is 2.12 bits per heavy atom. The van der Waals surface area contributed by atoms with Gasteiger partial charge in [0.1, 0.15) is 0 Å². The summed E-state index contributed by atoms with van der Waals surface area (Å²) in [6.45, 7) is 0. The number of anilines is 2. The van der Waals surface area contributed by atoms with Crippen LogP contribution in [0.3, 0.4) is 0 Å².